The fourth-order valence-electron chi connectivity index (χ4n) is 2.25. The van der Waals surface area contributed by atoms with Crippen LogP contribution in [0.4, 0.5) is 4.39 Å². The van der Waals surface area contributed by atoms with Gasteiger partial charge in [0.05, 0.1) is 12.1 Å². The van der Waals surface area contributed by atoms with Crippen molar-refractivity contribution < 1.29 is 13.9 Å². The molecular formula is C14H18FNO2. The van der Waals surface area contributed by atoms with Gasteiger partial charge in [-0.2, -0.15) is 0 Å². The van der Waals surface area contributed by atoms with Crippen molar-refractivity contribution in [2.75, 3.05) is 26.8 Å². The monoisotopic (exact) mass is 251 g/mol. The first kappa shape index (κ1) is 13.2. The summed E-state index contributed by atoms with van der Waals surface area (Å²) in [6, 6.07) is 6.49. The molecule has 0 atom stereocenters. The lowest BCUT2D eigenvalue weighted by Crippen LogP contribution is -2.39. The molecule has 1 fully saturated rings. The topological polar surface area (TPSA) is 29.5 Å². The van der Waals surface area contributed by atoms with E-state index in [0.717, 1.165) is 26.1 Å². The zero-order chi connectivity index (χ0) is 13.0. The summed E-state index contributed by atoms with van der Waals surface area (Å²) in [5.41, 5.74) is 0.177. The number of ketones is 1. The molecule has 0 radical (unpaired) electrons. The van der Waals surface area contributed by atoms with Crippen LogP contribution in [-0.2, 0) is 4.74 Å². The first-order valence-electron chi connectivity index (χ1n) is 6.24. The number of benzene rings is 1. The Bertz CT molecular complexity index is 416. The minimum atomic E-state index is -0.442. The molecule has 1 aromatic rings. The first-order chi connectivity index (χ1) is 8.68. The maximum Gasteiger partial charge on any atom is 0.179 e. The zero-order valence-electron chi connectivity index (χ0n) is 10.6. The Morgan fingerprint density at radius 2 is 2.06 bits per heavy atom. The molecule has 0 N–H and O–H groups in total. The van der Waals surface area contributed by atoms with E-state index >= 15 is 0 Å². The fourth-order valence-corrected chi connectivity index (χ4v) is 2.25. The standard InChI is InChI=1S/C14H18FNO2/c1-16(11-6-8-18-9-7-11)10-14(17)12-4-2-3-5-13(12)15/h2-5,11H,6-10H2,1H3. The van der Waals surface area contributed by atoms with Gasteiger partial charge in [0.2, 0.25) is 0 Å². The van der Waals surface area contributed by atoms with E-state index in [1.807, 2.05) is 11.9 Å². The number of halogens is 1. The van der Waals surface area contributed by atoms with Gasteiger partial charge in [-0.1, -0.05) is 12.1 Å². The highest BCUT2D eigenvalue weighted by molar-refractivity contribution is 5.97. The van der Waals surface area contributed by atoms with E-state index in [9.17, 15) is 9.18 Å². The van der Waals surface area contributed by atoms with E-state index in [2.05, 4.69) is 0 Å². The van der Waals surface area contributed by atoms with Gasteiger partial charge in [-0.25, -0.2) is 4.39 Å². The average Bonchev–Trinajstić information content (AvgIpc) is 2.40. The van der Waals surface area contributed by atoms with Gasteiger partial charge in [0.25, 0.3) is 0 Å². The van der Waals surface area contributed by atoms with Crippen LogP contribution in [0.25, 0.3) is 0 Å². The van der Waals surface area contributed by atoms with Crippen molar-refractivity contribution in [1.82, 2.24) is 4.90 Å². The average molecular weight is 251 g/mol. The molecule has 1 aliphatic heterocycles. The Hall–Kier alpha value is -1.26. The predicted molar refractivity (Wildman–Crippen MR) is 67.2 cm³/mol. The van der Waals surface area contributed by atoms with Crippen molar-refractivity contribution in [3.8, 4) is 0 Å². The molecule has 0 aromatic heterocycles. The number of nitrogens with zero attached hydrogens (tertiary/aromatic N) is 1. The van der Waals surface area contributed by atoms with Gasteiger partial charge in [0.1, 0.15) is 5.82 Å². The Labute approximate surface area is 107 Å². The summed E-state index contributed by atoms with van der Waals surface area (Å²) in [6.07, 6.45) is 1.86. The Kier molecular flexibility index (Phi) is 4.44. The van der Waals surface area contributed by atoms with Gasteiger partial charge in [-0.3, -0.25) is 9.69 Å². The summed E-state index contributed by atoms with van der Waals surface area (Å²) in [5, 5.41) is 0. The Morgan fingerprint density at radius 3 is 2.72 bits per heavy atom. The van der Waals surface area contributed by atoms with Crippen LogP contribution in [0.2, 0.25) is 0 Å². The summed E-state index contributed by atoms with van der Waals surface area (Å²) < 4.78 is 18.8. The highest BCUT2D eigenvalue weighted by Gasteiger charge is 2.21. The third-order valence-electron chi connectivity index (χ3n) is 3.38. The minimum absolute atomic E-state index is 0.165. The van der Waals surface area contributed by atoms with Gasteiger partial charge >= 0.3 is 0 Å². The molecule has 0 spiro atoms. The van der Waals surface area contributed by atoms with Crippen LogP contribution in [0.5, 0.6) is 0 Å². The van der Waals surface area contributed by atoms with E-state index in [-0.39, 0.29) is 17.9 Å². The zero-order valence-corrected chi connectivity index (χ0v) is 10.6. The van der Waals surface area contributed by atoms with Crippen LogP contribution < -0.4 is 0 Å². The second-order valence-electron chi connectivity index (χ2n) is 4.66. The van der Waals surface area contributed by atoms with Crippen molar-refractivity contribution >= 4 is 5.78 Å². The van der Waals surface area contributed by atoms with Crippen LogP contribution in [-0.4, -0.2) is 43.5 Å². The van der Waals surface area contributed by atoms with E-state index in [1.54, 1.807) is 12.1 Å². The second kappa shape index (κ2) is 6.07. The van der Waals surface area contributed by atoms with Gasteiger partial charge in [-0.05, 0) is 32.0 Å². The number of Topliss-reactive ketones (excluding diaryl/α,β-unsaturated/α-hetero) is 1. The molecule has 0 saturated carbocycles. The summed E-state index contributed by atoms with van der Waals surface area (Å²) in [7, 11) is 1.91. The lowest BCUT2D eigenvalue weighted by molar-refractivity contribution is 0.0418. The molecule has 3 nitrogen and oxygen atoms in total. The van der Waals surface area contributed by atoms with Crippen molar-refractivity contribution in [1.29, 1.82) is 0 Å². The van der Waals surface area contributed by atoms with Gasteiger partial charge in [0.15, 0.2) is 5.78 Å². The number of hydrogen-bond acceptors (Lipinski definition) is 3. The van der Waals surface area contributed by atoms with Gasteiger partial charge < -0.3 is 4.74 Å². The predicted octanol–water partition coefficient (Wildman–Crippen LogP) is 2.12. The summed E-state index contributed by atoms with van der Waals surface area (Å²) in [6.45, 7) is 1.73. The van der Waals surface area contributed by atoms with E-state index in [0.29, 0.717) is 6.04 Å². The van der Waals surface area contributed by atoms with E-state index in [1.165, 1.54) is 12.1 Å². The fraction of sp³-hybridized carbons (Fsp3) is 0.500. The minimum Gasteiger partial charge on any atom is -0.381 e. The summed E-state index contributed by atoms with van der Waals surface area (Å²) >= 11 is 0. The van der Waals surface area contributed by atoms with Crippen molar-refractivity contribution in [3.05, 3.63) is 35.6 Å². The number of carbonyl (C=O) groups is 1. The molecule has 1 saturated heterocycles. The maximum absolute atomic E-state index is 13.5. The van der Waals surface area contributed by atoms with Crippen LogP contribution in [0.15, 0.2) is 24.3 Å². The smallest absolute Gasteiger partial charge is 0.179 e. The lowest BCUT2D eigenvalue weighted by atomic mass is 10.1. The molecule has 98 valence electrons. The largest absolute Gasteiger partial charge is 0.381 e. The third kappa shape index (κ3) is 3.15. The summed E-state index contributed by atoms with van der Waals surface area (Å²) in [5.74, 6) is -0.607. The molecule has 18 heavy (non-hydrogen) atoms. The van der Waals surface area contributed by atoms with Crippen LogP contribution in [0.3, 0.4) is 0 Å². The Balaban J connectivity index is 1.96. The number of ether oxygens (including phenoxy) is 1. The summed E-state index contributed by atoms with van der Waals surface area (Å²) in [4.78, 5) is 14.0. The molecule has 0 bridgehead atoms. The SMILES string of the molecule is CN(CC(=O)c1ccccc1F)C1CCOCC1. The quantitative estimate of drug-likeness (QED) is 0.768. The normalized spacial score (nSPS) is 17.1. The molecule has 2 rings (SSSR count). The van der Waals surface area contributed by atoms with Gasteiger partial charge in [0, 0.05) is 19.3 Å². The molecule has 1 heterocycles. The van der Waals surface area contributed by atoms with Crippen molar-refractivity contribution in [2.24, 2.45) is 0 Å². The Morgan fingerprint density at radius 1 is 1.39 bits per heavy atom. The maximum atomic E-state index is 13.5. The van der Waals surface area contributed by atoms with Crippen LogP contribution in [0.1, 0.15) is 23.2 Å². The molecule has 0 aliphatic carbocycles. The van der Waals surface area contributed by atoms with E-state index < -0.39 is 5.82 Å². The highest BCUT2D eigenvalue weighted by Crippen LogP contribution is 2.14. The molecule has 1 aliphatic rings. The molecule has 4 heteroatoms. The molecule has 0 unspecified atom stereocenters. The number of rotatable bonds is 4. The lowest BCUT2D eigenvalue weighted by Gasteiger charge is -2.30. The molecular weight excluding hydrogens is 233 g/mol. The third-order valence-corrected chi connectivity index (χ3v) is 3.38. The number of hydrogen-bond donors (Lipinski definition) is 0. The highest BCUT2D eigenvalue weighted by atomic mass is 19.1. The van der Waals surface area contributed by atoms with Crippen LogP contribution >= 0.6 is 0 Å². The second-order valence-corrected chi connectivity index (χ2v) is 4.66. The van der Waals surface area contributed by atoms with Crippen LogP contribution in [0, 0.1) is 5.82 Å². The van der Waals surface area contributed by atoms with Gasteiger partial charge in [-0.15, -0.1) is 0 Å². The van der Waals surface area contributed by atoms with Crippen molar-refractivity contribution in [3.63, 3.8) is 0 Å². The van der Waals surface area contributed by atoms with Crippen molar-refractivity contribution in [2.45, 2.75) is 18.9 Å². The first-order valence-corrected chi connectivity index (χ1v) is 6.24. The molecule has 0 amide bonds. The number of carbonyl (C=O) groups excluding carboxylic acids is 1. The van der Waals surface area contributed by atoms with E-state index in [4.69, 9.17) is 4.74 Å². The number of likely N-dealkylation sites (N-methyl/N-ethyl adjacent to an activating group) is 1. The molecule has 1 aromatic carbocycles.